The van der Waals surface area contributed by atoms with Crippen LogP contribution in [0.1, 0.15) is 16.7 Å². The topological polar surface area (TPSA) is 108 Å². The zero-order valence-corrected chi connectivity index (χ0v) is 16.9. The Labute approximate surface area is 175 Å². The highest BCUT2D eigenvalue weighted by Crippen LogP contribution is 2.29. The van der Waals surface area contributed by atoms with E-state index in [4.69, 9.17) is 27.3 Å². The van der Waals surface area contributed by atoms with E-state index >= 15 is 0 Å². The number of halogens is 1. The minimum Gasteiger partial charge on any atom is -0.470 e. The Kier molecular flexibility index (Phi) is 7.06. The van der Waals surface area contributed by atoms with E-state index in [1.165, 1.54) is 6.20 Å². The van der Waals surface area contributed by atoms with Gasteiger partial charge >= 0.3 is 0 Å². The molecule has 1 aromatic heterocycles. The molecule has 2 aromatic rings. The number of anilines is 1. The number of ether oxygens (including phenoxy) is 1. The van der Waals surface area contributed by atoms with E-state index < -0.39 is 0 Å². The monoisotopic (exact) mass is 410 g/mol. The second-order valence-electron chi connectivity index (χ2n) is 6.58. The number of aromatic nitrogens is 1. The van der Waals surface area contributed by atoms with Gasteiger partial charge in [-0.25, -0.2) is 4.98 Å². The normalized spacial score (nSPS) is 16.0. The van der Waals surface area contributed by atoms with Crippen LogP contribution in [-0.4, -0.2) is 44.0 Å². The Morgan fingerprint density at radius 3 is 3.10 bits per heavy atom. The van der Waals surface area contributed by atoms with Gasteiger partial charge in [0.05, 0.1) is 23.9 Å². The SMILES string of the molecule is CN=C/C(=C\N)c1cnc2c(c1)NCC(CNCCc1ccc(C#N)cc1Cl)O2. The lowest BCUT2D eigenvalue weighted by Gasteiger charge is -2.27. The Morgan fingerprint density at radius 1 is 1.52 bits per heavy atom. The number of benzene rings is 1. The second-order valence-corrected chi connectivity index (χ2v) is 6.99. The minimum atomic E-state index is -0.0287. The molecule has 150 valence electrons. The predicted octanol–water partition coefficient (Wildman–Crippen LogP) is 2.61. The number of nitrogens with one attached hydrogen (secondary N) is 2. The molecule has 0 radical (unpaired) electrons. The van der Waals surface area contributed by atoms with Crippen LogP contribution in [0.2, 0.25) is 5.02 Å². The summed E-state index contributed by atoms with van der Waals surface area (Å²) < 4.78 is 5.98. The summed E-state index contributed by atoms with van der Waals surface area (Å²) in [6.45, 7) is 2.11. The second kappa shape index (κ2) is 9.92. The van der Waals surface area contributed by atoms with Gasteiger partial charge in [0.1, 0.15) is 6.10 Å². The molecule has 1 aliphatic rings. The smallest absolute Gasteiger partial charge is 0.237 e. The van der Waals surface area contributed by atoms with E-state index in [0.29, 0.717) is 29.6 Å². The van der Waals surface area contributed by atoms with Crippen LogP contribution in [0.5, 0.6) is 5.88 Å². The van der Waals surface area contributed by atoms with Crippen LogP contribution in [0.15, 0.2) is 41.7 Å². The molecular formula is C21H23ClN6O. The summed E-state index contributed by atoms with van der Waals surface area (Å²) in [5.74, 6) is 0.576. The van der Waals surface area contributed by atoms with Crippen LogP contribution in [-0.2, 0) is 6.42 Å². The number of nitriles is 1. The fourth-order valence-corrected chi connectivity index (χ4v) is 3.30. The summed E-state index contributed by atoms with van der Waals surface area (Å²) in [5, 5.41) is 16.3. The fraction of sp³-hybridized carbons (Fsp3) is 0.286. The van der Waals surface area contributed by atoms with Gasteiger partial charge in [-0.05, 0) is 36.7 Å². The molecule has 4 N–H and O–H groups in total. The first-order chi connectivity index (χ1) is 14.1. The first-order valence-electron chi connectivity index (χ1n) is 9.29. The highest BCUT2D eigenvalue weighted by molar-refractivity contribution is 6.31. The number of nitrogens with two attached hydrogens (primary N) is 1. The molecule has 0 fully saturated rings. The summed E-state index contributed by atoms with van der Waals surface area (Å²) in [7, 11) is 1.70. The highest BCUT2D eigenvalue weighted by Gasteiger charge is 2.20. The van der Waals surface area contributed by atoms with E-state index in [1.807, 2.05) is 12.1 Å². The van der Waals surface area contributed by atoms with Crippen LogP contribution < -0.4 is 21.1 Å². The average Bonchev–Trinajstić information content (AvgIpc) is 2.75. The van der Waals surface area contributed by atoms with Crippen molar-refractivity contribution < 1.29 is 4.74 Å². The Hall–Kier alpha value is -3.08. The van der Waals surface area contributed by atoms with Gasteiger partial charge < -0.3 is 21.1 Å². The van der Waals surface area contributed by atoms with Gasteiger partial charge in [-0.15, -0.1) is 0 Å². The lowest BCUT2D eigenvalue weighted by Crippen LogP contribution is -2.40. The minimum absolute atomic E-state index is 0.0287. The van der Waals surface area contributed by atoms with Crippen molar-refractivity contribution in [3.63, 3.8) is 0 Å². The number of fused-ring (bicyclic) bond motifs is 1. The van der Waals surface area contributed by atoms with Gasteiger partial charge in [-0.2, -0.15) is 5.26 Å². The average molecular weight is 411 g/mol. The van der Waals surface area contributed by atoms with Crippen molar-refractivity contribution in [2.24, 2.45) is 10.7 Å². The molecule has 1 aromatic carbocycles. The Balaban J connectivity index is 1.51. The molecule has 0 aliphatic carbocycles. The van der Waals surface area contributed by atoms with Crippen LogP contribution in [0, 0.1) is 11.3 Å². The number of aliphatic imine (C=N–C) groups is 1. The van der Waals surface area contributed by atoms with Gasteiger partial charge in [0.2, 0.25) is 5.88 Å². The molecule has 0 amide bonds. The molecule has 7 nitrogen and oxygen atoms in total. The van der Waals surface area contributed by atoms with E-state index in [9.17, 15) is 0 Å². The third kappa shape index (κ3) is 5.25. The van der Waals surface area contributed by atoms with Crippen LogP contribution in [0.25, 0.3) is 5.57 Å². The Morgan fingerprint density at radius 2 is 2.38 bits per heavy atom. The van der Waals surface area contributed by atoms with Crippen molar-refractivity contribution in [2.75, 3.05) is 32.0 Å². The molecule has 1 unspecified atom stereocenters. The maximum atomic E-state index is 8.90. The number of hydrogen-bond donors (Lipinski definition) is 3. The van der Waals surface area contributed by atoms with Crippen molar-refractivity contribution in [2.45, 2.75) is 12.5 Å². The molecule has 0 saturated heterocycles. The van der Waals surface area contributed by atoms with Crippen molar-refractivity contribution in [1.29, 1.82) is 5.26 Å². The molecule has 29 heavy (non-hydrogen) atoms. The van der Waals surface area contributed by atoms with Crippen LogP contribution >= 0.6 is 11.6 Å². The number of pyridine rings is 1. The van der Waals surface area contributed by atoms with E-state index in [0.717, 1.165) is 35.4 Å². The molecule has 0 saturated carbocycles. The van der Waals surface area contributed by atoms with Crippen molar-refractivity contribution in [3.8, 4) is 11.9 Å². The first-order valence-corrected chi connectivity index (χ1v) is 9.66. The zero-order valence-electron chi connectivity index (χ0n) is 16.2. The summed E-state index contributed by atoms with van der Waals surface area (Å²) in [4.78, 5) is 8.41. The molecule has 0 spiro atoms. The molecular weight excluding hydrogens is 388 g/mol. The van der Waals surface area contributed by atoms with Crippen molar-refractivity contribution in [1.82, 2.24) is 10.3 Å². The quantitative estimate of drug-likeness (QED) is 0.478. The zero-order chi connectivity index (χ0) is 20.6. The molecule has 2 heterocycles. The van der Waals surface area contributed by atoms with Crippen molar-refractivity contribution >= 4 is 29.1 Å². The highest BCUT2D eigenvalue weighted by atomic mass is 35.5. The first kappa shape index (κ1) is 20.6. The van der Waals surface area contributed by atoms with Gasteiger partial charge in [0.15, 0.2) is 0 Å². The number of allylic oxidation sites excluding steroid dienone is 1. The number of hydrogen-bond acceptors (Lipinski definition) is 7. The van der Waals surface area contributed by atoms with Crippen molar-refractivity contribution in [3.05, 3.63) is 58.4 Å². The fourth-order valence-electron chi connectivity index (χ4n) is 3.03. The molecule has 1 atom stereocenters. The maximum Gasteiger partial charge on any atom is 0.237 e. The number of rotatable bonds is 7. The Bertz CT molecular complexity index is 966. The maximum absolute atomic E-state index is 8.90. The van der Waals surface area contributed by atoms with E-state index in [1.54, 1.807) is 31.6 Å². The summed E-state index contributed by atoms with van der Waals surface area (Å²) in [5.41, 5.74) is 9.76. The summed E-state index contributed by atoms with van der Waals surface area (Å²) in [6, 6.07) is 9.42. The largest absolute Gasteiger partial charge is 0.470 e. The standard InChI is InChI=1S/C21H23ClN6O/c1-25-10-17(9-24)16-7-20-21(28-11-16)29-18(13-27-20)12-26-5-4-15-3-2-14(8-23)6-19(15)22/h2-3,6-7,9-11,18,26-27H,4-5,12-13,24H2,1H3/b17-9+,25-10?. The lowest BCUT2D eigenvalue weighted by molar-refractivity contribution is 0.194. The third-order valence-corrected chi connectivity index (χ3v) is 4.91. The van der Waals surface area contributed by atoms with E-state index in [2.05, 4.69) is 26.7 Å². The molecule has 1 aliphatic heterocycles. The molecule has 3 rings (SSSR count). The van der Waals surface area contributed by atoms with E-state index in [-0.39, 0.29) is 6.10 Å². The molecule has 0 bridgehead atoms. The van der Waals surface area contributed by atoms with Crippen LogP contribution in [0.4, 0.5) is 5.69 Å². The van der Waals surface area contributed by atoms with Gasteiger partial charge in [-0.3, -0.25) is 4.99 Å². The van der Waals surface area contributed by atoms with Gasteiger partial charge in [-0.1, -0.05) is 17.7 Å². The predicted molar refractivity (Wildman–Crippen MR) is 116 cm³/mol. The van der Waals surface area contributed by atoms with Gasteiger partial charge in [0, 0.05) is 48.4 Å². The lowest BCUT2D eigenvalue weighted by atomic mass is 10.1. The van der Waals surface area contributed by atoms with Gasteiger partial charge in [0.25, 0.3) is 0 Å². The number of nitrogens with zero attached hydrogens (tertiary/aromatic N) is 3. The summed E-state index contributed by atoms with van der Waals surface area (Å²) >= 11 is 6.22. The summed E-state index contributed by atoms with van der Waals surface area (Å²) in [6.07, 6.45) is 5.67. The third-order valence-electron chi connectivity index (χ3n) is 4.56. The molecule has 8 heteroatoms. The van der Waals surface area contributed by atoms with Crippen LogP contribution in [0.3, 0.4) is 0 Å².